The highest BCUT2D eigenvalue weighted by atomic mass is 35.5. The van der Waals surface area contributed by atoms with E-state index in [0.29, 0.717) is 18.1 Å². The highest BCUT2D eigenvalue weighted by Gasteiger charge is 2.18. The van der Waals surface area contributed by atoms with Gasteiger partial charge in [-0.05, 0) is 31.2 Å². The van der Waals surface area contributed by atoms with Gasteiger partial charge in [-0.15, -0.1) is 0 Å². The Morgan fingerprint density at radius 2 is 2.17 bits per heavy atom. The molecule has 128 valence electrons. The average Bonchev–Trinajstić information content (AvgIpc) is 2.54. The molecule has 0 aliphatic carbocycles. The lowest BCUT2D eigenvalue weighted by Crippen LogP contribution is -2.46. The fourth-order valence-corrected chi connectivity index (χ4v) is 2.82. The number of nitrogens with one attached hydrogen (secondary N) is 2. The van der Waals surface area contributed by atoms with Gasteiger partial charge in [-0.25, -0.2) is 0 Å². The summed E-state index contributed by atoms with van der Waals surface area (Å²) in [6.07, 6.45) is 0.990. The second kappa shape index (κ2) is 9.23. The SMILES string of the molecule is CC[C@H](NC(=O)CNC[C@H]1CN(C)CCO1)c1ccc(Cl)cc1. The Labute approximate surface area is 143 Å². The third kappa shape index (κ3) is 6.11. The summed E-state index contributed by atoms with van der Waals surface area (Å²) >= 11 is 5.91. The zero-order valence-electron chi connectivity index (χ0n) is 13.8. The lowest BCUT2D eigenvalue weighted by Gasteiger charge is -2.30. The van der Waals surface area contributed by atoms with Gasteiger partial charge in [0.15, 0.2) is 0 Å². The van der Waals surface area contributed by atoms with Crippen molar-refractivity contribution < 1.29 is 9.53 Å². The molecule has 5 nitrogen and oxygen atoms in total. The van der Waals surface area contributed by atoms with E-state index in [2.05, 4.69) is 29.5 Å². The van der Waals surface area contributed by atoms with Gasteiger partial charge in [0.05, 0.1) is 25.3 Å². The number of ether oxygens (including phenoxy) is 1. The molecule has 1 aromatic carbocycles. The lowest BCUT2D eigenvalue weighted by molar-refractivity contribution is -0.121. The van der Waals surface area contributed by atoms with Gasteiger partial charge < -0.3 is 20.3 Å². The summed E-state index contributed by atoms with van der Waals surface area (Å²) in [5.74, 6) is -0.00374. The van der Waals surface area contributed by atoms with Gasteiger partial charge in [0.2, 0.25) is 5.91 Å². The van der Waals surface area contributed by atoms with E-state index in [0.717, 1.165) is 31.7 Å². The first-order valence-corrected chi connectivity index (χ1v) is 8.52. The number of carbonyl (C=O) groups is 1. The lowest BCUT2D eigenvalue weighted by atomic mass is 10.0. The van der Waals surface area contributed by atoms with Crippen molar-refractivity contribution in [3.05, 3.63) is 34.9 Å². The van der Waals surface area contributed by atoms with Crippen molar-refractivity contribution in [3.63, 3.8) is 0 Å². The number of amides is 1. The second-order valence-corrected chi connectivity index (χ2v) is 6.40. The van der Waals surface area contributed by atoms with E-state index in [9.17, 15) is 4.79 Å². The Kier molecular flexibility index (Phi) is 7.30. The van der Waals surface area contributed by atoms with E-state index in [-0.39, 0.29) is 18.1 Å². The number of likely N-dealkylation sites (N-methyl/N-ethyl adjacent to an activating group) is 1. The van der Waals surface area contributed by atoms with E-state index in [4.69, 9.17) is 16.3 Å². The van der Waals surface area contributed by atoms with E-state index >= 15 is 0 Å². The first-order chi connectivity index (χ1) is 11.1. The minimum atomic E-state index is -0.00374. The van der Waals surface area contributed by atoms with E-state index in [1.54, 1.807) is 0 Å². The molecule has 0 unspecified atom stereocenters. The largest absolute Gasteiger partial charge is 0.374 e. The normalized spacial score (nSPS) is 20.2. The molecule has 0 saturated carbocycles. The molecule has 1 saturated heterocycles. The molecule has 23 heavy (non-hydrogen) atoms. The monoisotopic (exact) mass is 339 g/mol. The molecule has 0 bridgehead atoms. The number of nitrogens with zero attached hydrogens (tertiary/aromatic N) is 1. The zero-order chi connectivity index (χ0) is 16.7. The van der Waals surface area contributed by atoms with Crippen LogP contribution in [0, 0.1) is 0 Å². The predicted molar refractivity (Wildman–Crippen MR) is 92.7 cm³/mol. The number of carbonyl (C=O) groups excluding carboxylic acids is 1. The smallest absolute Gasteiger partial charge is 0.234 e. The first-order valence-electron chi connectivity index (χ1n) is 8.14. The molecule has 1 aliphatic rings. The minimum Gasteiger partial charge on any atom is -0.374 e. The predicted octanol–water partition coefficient (Wildman–Crippen LogP) is 1.83. The summed E-state index contributed by atoms with van der Waals surface area (Å²) in [7, 11) is 2.08. The molecule has 1 amide bonds. The van der Waals surface area contributed by atoms with Crippen molar-refractivity contribution in [2.24, 2.45) is 0 Å². The molecule has 1 fully saturated rings. The van der Waals surface area contributed by atoms with Gasteiger partial charge >= 0.3 is 0 Å². The van der Waals surface area contributed by atoms with Crippen molar-refractivity contribution in [1.29, 1.82) is 0 Å². The third-order valence-electron chi connectivity index (χ3n) is 4.02. The Hall–Kier alpha value is -1.14. The number of morpholine rings is 1. The maximum atomic E-state index is 12.1. The van der Waals surface area contributed by atoms with E-state index in [1.165, 1.54) is 0 Å². The molecule has 1 aromatic rings. The molecule has 2 rings (SSSR count). The van der Waals surface area contributed by atoms with Crippen LogP contribution in [-0.4, -0.2) is 56.7 Å². The molecule has 6 heteroatoms. The summed E-state index contributed by atoms with van der Waals surface area (Å²) in [4.78, 5) is 14.3. The van der Waals surface area contributed by atoms with E-state index in [1.807, 2.05) is 24.3 Å². The Balaban J connectivity index is 1.73. The van der Waals surface area contributed by atoms with Crippen LogP contribution in [0.4, 0.5) is 0 Å². The van der Waals surface area contributed by atoms with Crippen LogP contribution in [0.5, 0.6) is 0 Å². The summed E-state index contributed by atoms with van der Waals surface area (Å²) in [6, 6.07) is 7.62. The molecule has 2 N–H and O–H groups in total. The summed E-state index contributed by atoms with van der Waals surface area (Å²) in [6.45, 7) is 5.67. The standard InChI is InChI=1S/C17H26ClN3O2/c1-3-16(13-4-6-14(18)7-5-13)20-17(22)11-19-10-15-12-21(2)8-9-23-15/h4-7,15-16,19H,3,8-12H2,1-2H3,(H,20,22)/t15-,16-/m0/s1. The topological polar surface area (TPSA) is 53.6 Å². The van der Waals surface area contributed by atoms with Crippen molar-refractivity contribution in [2.75, 3.05) is 39.8 Å². The number of halogens is 1. The summed E-state index contributed by atoms with van der Waals surface area (Å²) in [5, 5.41) is 6.94. The number of benzene rings is 1. The van der Waals surface area contributed by atoms with Crippen LogP contribution < -0.4 is 10.6 Å². The molecule has 0 aromatic heterocycles. The molecule has 0 radical (unpaired) electrons. The van der Waals surface area contributed by atoms with Crippen LogP contribution in [0.15, 0.2) is 24.3 Å². The van der Waals surface area contributed by atoms with Crippen molar-refractivity contribution in [2.45, 2.75) is 25.5 Å². The molecule has 2 atom stereocenters. The highest BCUT2D eigenvalue weighted by molar-refractivity contribution is 6.30. The van der Waals surface area contributed by atoms with Crippen molar-refractivity contribution in [1.82, 2.24) is 15.5 Å². The Bertz CT molecular complexity index is 495. The van der Waals surface area contributed by atoms with Gasteiger partial charge in [-0.3, -0.25) is 4.79 Å². The van der Waals surface area contributed by atoms with Crippen LogP contribution in [0.25, 0.3) is 0 Å². The van der Waals surface area contributed by atoms with Crippen molar-refractivity contribution >= 4 is 17.5 Å². The zero-order valence-corrected chi connectivity index (χ0v) is 14.6. The summed E-state index contributed by atoms with van der Waals surface area (Å²) < 4.78 is 5.66. The fraction of sp³-hybridized carbons (Fsp3) is 0.588. The molecule has 1 heterocycles. The summed E-state index contributed by atoms with van der Waals surface area (Å²) in [5.41, 5.74) is 1.07. The van der Waals surface area contributed by atoms with Gasteiger partial charge in [-0.1, -0.05) is 30.7 Å². The Morgan fingerprint density at radius 3 is 2.83 bits per heavy atom. The van der Waals surface area contributed by atoms with Gasteiger partial charge in [-0.2, -0.15) is 0 Å². The van der Waals surface area contributed by atoms with Crippen LogP contribution in [0.3, 0.4) is 0 Å². The molecule has 0 spiro atoms. The van der Waals surface area contributed by atoms with Gasteiger partial charge in [0.1, 0.15) is 0 Å². The fourth-order valence-electron chi connectivity index (χ4n) is 2.70. The number of rotatable bonds is 7. The van der Waals surface area contributed by atoms with Crippen LogP contribution in [0.1, 0.15) is 24.9 Å². The maximum absolute atomic E-state index is 12.1. The van der Waals surface area contributed by atoms with Crippen LogP contribution in [-0.2, 0) is 9.53 Å². The first kappa shape index (κ1) is 18.2. The molecular formula is C17H26ClN3O2. The maximum Gasteiger partial charge on any atom is 0.234 e. The second-order valence-electron chi connectivity index (χ2n) is 5.97. The van der Waals surface area contributed by atoms with Gasteiger partial charge in [0.25, 0.3) is 0 Å². The van der Waals surface area contributed by atoms with Crippen LogP contribution >= 0.6 is 11.6 Å². The highest BCUT2D eigenvalue weighted by Crippen LogP contribution is 2.18. The Morgan fingerprint density at radius 1 is 1.43 bits per heavy atom. The molecule has 1 aliphatic heterocycles. The number of hydrogen-bond donors (Lipinski definition) is 2. The van der Waals surface area contributed by atoms with Crippen molar-refractivity contribution in [3.8, 4) is 0 Å². The number of hydrogen-bond acceptors (Lipinski definition) is 4. The molecular weight excluding hydrogens is 314 g/mol. The van der Waals surface area contributed by atoms with Gasteiger partial charge in [0, 0.05) is 24.7 Å². The van der Waals surface area contributed by atoms with E-state index < -0.39 is 0 Å². The van der Waals surface area contributed by atoms with Crippen LogP contribution in [0.2, 0.25) is 5.02 Å². The minimum absolute atomic E-state index is 0.00374. The third-order valence-corrected chi connectivity index (χ3v) is 4.27. The quantitative estimate of drug-likeness (QED) is 0.795. The average molecular weight is 340 g/mol.